The smallest absolute Gasteiger partial charge is 0.462 e. The number of phosphoric ester groups is 1. The third-order valence-electron chi connectivity index (χ3n) is 10.3. The number of carbonyl (C=O) groups excluding carboxylic acids is 2. The average molecular weight is 801 g/mol. The van der Waals surface area contributed by atoms with Gasteiger partial charge in [0, 0.05) is 12.8 Å². The van der Waals surface area contributed by atoms with Gasteiger partial charge in [-0.15, -0.1) is 0 Å². The van der Waals surface area contributed by atoms with Gasteiger partial charge >= 0.3 is 19.8 Å². The number of carbonyl (C=O) groups is 2. The molecule has 0 fully saturated rings. The van der Waals surface area contributed by atoms with Gasteiger partial charge in [-0.05, 0) is 45.4 Å². The van der Waals surface area contributed by atoms with Crippen LogP contribution in [0.2, 0.25) is 0 Å². The van der Waals surface area contributed by atoms with Gasteiger partial charge in [-0.25, -0.2) is 4.57 Å². The fraction of sp³-hybridized carbons (Fsp3) is 0.913. The number of esters is 2. The molecule has 0 aromatic carbocycles. The maximum atomic E-state index is 12.6. The molecular weight excluding hydrogens is 711 g/mol. The van der Waals surface area contributed by atoms with E-state index >= 15 is 0 Å². The predicted molar refractivity (Wildman–Crippen MR) is 230 cm³/mol. The van der Waals surface area contributed by atoms with Crippen molar-refractivity contribution >= 4 is 19.8 Å². The lowest BCUT2D eigenvalue weighted by Gasteiger charge is -2.19. The Morgan fingerprint density at radius 1 is 0.473 bits per heavy atom. The first-order valence-corrected chi connectivity index (χ1v) is 25.0. The van der Waals surface area contributed by atoms with Gasteiger partial charge in [0.25, 0.3) is 0 Å². The Morgan fingerprint density at radius 3 is 1.20 bits per heavy atom. The number of hydrogen-bond acceptors (Lipinski definition) is 7. The molecule has 55 heavy (non-hydrogen) atoms. The van der Waals surface area contributed by atoms with Gasteiger partial charge in [0.2, 0.25) is 0 Å². The standard InChI is InChI=1S/C46H89O8P/c1-4-7-9-11-13-15-17-19-21-22-23-24-25-26-27-29-31-33-35-37-39-41-46(48)54-44(43-53-55(49,50)52-6-3)42-51-45(47)40-38-36-34-32-30-28-20-18-16-14-12-10-8-5-2/h22-23,44H,4-21,24-43H2,1-3H3,(H,49,50)/b23-22-. The van der Waals surface area contributed by atoms with E-state index in [2.05, 4.69) is 26.0 Å². The molecular formula is C46H89O8P. The van der Waals surface area contributed by atoms with Crippen LogP contribution in [0.15, 0.2) is 12.2 Å². The van der Waals surface area contributed by atoms with Gasteiger partial charge in [-0.2, -0.15) is 0 Å². The maximum absolute atomic E-state index is 12.6. The topological polar surface area (TPSA) is 108 Å². The summed E-state index contributed by atoms with van der Waals surface area (Å²) in [5.74, 6) is -0.786. The van der Waals surface area contributed by atoms with Crippen molar-refractivity contribution in [3.05, 3.63) is 12.2 Å². The zero-order valence-electron chi connectivity index (χ0n) is 36.4. The second kappa shape index (κ2) is 42.4. The third-order valence-corrected chi connectivity index (χ3v) is 11.4. The van der Waals surface area contributed by atoms with Gasteiger partial charge in [0.05, 0.1) is 13.2 Å². The molecule has 0 saturated carbocycles. The Hall–Kier alpha value is -1.21. The van der Waals surface area contributed by atoms with E-state index in [-0.39, 0.29) is 32.2 Å². The molecule has 0 aliphatic rings. The van der Waals surface area contributed by atoms with Gasteiger partial charge in [0.15, 0.2) is 6.10 Å². The maximum Gasteiger partial charge on any atom is 0.472 e. The number of ether oxygens (including phenoxy) is 2. The molecule has 0 aromatic rings. The SMILES string of the molecule is CCCCCCCCCC/C=C\CCCCCCCCCCCC(=O)OC(COC(=O)CCCCCCCCCCCCCCCC)COP(=O)(O)OCC. The Balaban J connectivity index is 3.99. The second-order valence-corrected chi connectivity index (χ2v) is 17.2. The first kappa shape index (κ1) is 53.8. The Labute approximate surface area is 340 Å². The summed E-state index contributed by atoms with van der Waals surface area (Å²) in [5, 5.41) is 0. The Kier molecular flexibility index (Phi) is 41.5. The molecule has 0 spiro atoms. The molecule has 8 nitrogen and oxygen atoms in total. The van der Waals surface area contributed by atoms with Crippen LogP contribution in [0.25, 0.3) is 0 Å². The van der Waals surface area contributed by atoms with E-state index in [1.807, 2.05) is 0 Å². The Morgan fingerprint density at radius 2 is 0.818 bits per heavy atom. The Bertz CT molecular complexity index is 910. The summed E-state index contributed by atoms with van der Waals surface area (Å²) in [4.78, 5) is 34.8. The highest BCUT2D eigenvalue weighted by Crippen LogP contribution is 2.43. The molecule has 0 aromatic heterocycles. The van der Waals surface area contributed by atoms with Crippen molar-refractivity contribution < 1.29 is 37.6 Å². The average Bonchev–Trinajstić information content (AvgIpc) is 3.16. The lowest BCUT2D eigenvalue weighted by molar-refractivity contribution is -0.161. The van der Waals surface area contributed by atoms with E-state index in [0.717, 1.165) is 32.1 Å². The van der Waals surface area contributed by atoms with Crippen molar-refractivity contribution in [2.75, 3.05) is 19.8 Å². The van der Waals surface area contributed by atoms with Crippen LogP contribution in [-0.4, -0.2) is 42.8 Å². The van der Waals surface area contributed by atoms with Crippen molar-refractivity contribution in [2.45, 2.75) is 252 Å². The number of phosphoric acid groups is 1. The molecule has 0 aliphatic carbocycles. The number of rotatable bonds is 44. The largest absolute Gasteiger partial charge is 0.472 e. The van der Waals surface area contributed by atoms with E-state index in [0.29, 0.717) is 12.8 Å². The molecule has 326 valence electrons. The zero-order valence-corrected chi connectivity index (χ0v) is 37.2. The summed E-state index contributed by atoms with van der Waals surface area (Å²) in [5.41, 5.74) is 0. The monoisotopic (exact) mass is 801 g/mol. The molecule has 2 atom stereocenters. The minimum absolute atomic E-state index is 0.00346. The quantitative estimate of drug-likeness (QED) is 0.0281. The van der Waals surface area contributed by atoms with Gasteiger partial charge in [0.1, 0.15) is 6.61 Å². The first-order chi connectivity index (χ1) is 26.8. The minimum Gasteiger partial charge on any atom is -0.462 e. The highest BCUT2D eigenvalue weighted by Gasteiger charge is 2.25. The highest BCUT2D eigenvalue weighted by atomic mass is 31.2. The third kappa shape index (κ3) is 42.2. The normalized spacial score (nSPS) is 13.3. The van der Waals surface area contributed by atoms with Gasteiger partial charge in [-0.1, -0.05) is 199 Å². The molecule has 0 saturated heterocycles. The van der Waals surface area contributed by atoms with E-state index in [9.17, 15) is 19.0 Å². The van der Waals surface area contributed by atoms with Crippen molar-refractivity contribution in [1.29, 1.82) is 0 Å². The molecule has 2 unspecified atom stereocenters. The summed E-state index contributed by atoms with van der Waals surface area (Å²) in [7, 11) is -4.28. The molecule has 1 N–H and O–H groups in total. The lowest BCUT2D eigenvalue weighted by atomic mass is 10.0. The molecule has 0 aliphatic heterocycles. The molecule has 0 bridgehead atoms. The second-order valence-electron chi connectivity index (χ2n) is 15.8. The van der Waals surface area contributed by atoms with E-state index in [4.69, 9.17) is 18.5 Å². The zero-order chi connectivity index (χ0) is 40.3. The summed E-state index contributed by atoms with van der Waals surface area (Å²) in [6, 6.07) is 0. The van der Waals surface area contributed by atoms with Crippen molar-refractivity contribution in [3.8, 4) is 0 Å². The molecule has 0 rings (SSSR count). The molecule has 0 amide bonds. The molecule has 0 heterocycles. The minimum atomic E-state index is -4.28. The molecule has 9 heteroatoms. The number of hydrogen-bond donors (Lipinski definition) is 1. The summed E-state index contributed by atoms with van der Waals surface area (Å²) in [6.07, 6.45) is 45.5. The van der Waals surface area contributed by atoms with Crippen LogP contribution in [-0.2, 0) is 32.7 Å². The number of unbranched alkanes of at least 4 members (excludes halogenated alkanes) is 30. The van der Waals surface area contributed by atoms with Crippen LogP contribution in [0.1, 0.15) is 245 Å². The van der Waals surface area contributed by atoms with Crippen molar-refractivity contribution in [2.24, 2.45) is 0 Å². The van der Waals surface area contributed by atoms with Crippen LogP contribution >= 0.6 is 7.82 Å². The summed E-state index contributed by atoms with van der Waals surface area (Å²) in [6.45, 7) is 5.51. The van der Waals surface area contributed by atoms with Crippen LogP contribution in [0.4, 0.5) is 0 Å². The summed E-state index contributed by atoms with van der Waals surface area (Å²) >= 11 is 0. The van der Waals surface area contributed by atoms with E-state index in [1.54, 1.807) is 6.92 Å². The van der Waals surface area contributed by atoms with Gasteiger partial charge in [-0.3, -0.25) is 18.6 Å². The van der Waals surface area contributed by atoms with Crippen molar-refractivity contribution in [3.63, 3.8) is 0 Å². The predicted octanol–water partition coefficient (Wildman–Crippen LogP) is 14.8. The van der Waals surface area contributed by atoms with Crippen LogP contribution in [0.5, 0.6) is 0 Å². The van der Waals surface area contributed by atoms with Crippen LogP contribution in [0, 0.1) is 0 Å². The number of allylic oxidation sites excluding steroid dienone is 2. The highest BCUT2D eigenvalue weighted by molar-refractivity contribution is 7.47. The first-order valence-electron chi connectivity index (χ1n) is 23.5. The van der Waals surface area contributed by atoms with Crippen LogP contribution in [0.3, 0.4) is 0 Å². The summed E-state index contributed by atoms with van der Waals surface area (Å²) < 4.78 is 32.7. The lowest BCUT2D eigenvalue weighted by Crippen LogP contribution is -2.29. The van der Waals surface area contributed by atoms with Crippen LogP contribution < -0.4 is 0 Å². The fourth-order valence-electron chi connectivity index (χ4n) is 6.86. The fourth-order valence-corrected chi connectivity index (χ4v) is 7.62. The van der Waals surface area contributed by atoms with E-state index < -0.39 is 19.9 Å². The van der Waals surface area contributed by atoms with Gasteiger partial charge < -0.3 is 14.4 Å². The molecule has 0 radical (unpaired) electrons. The van der Waals surface area contributed by atoms with Crippen molar-refractivity contribution in [1.82, 2.24) is 0 Å². The van der Waals surface area contributed by atoms with E-state index in [1.165, 1.54) is 173 Å².